The number of hydrogen-bond acceptors (Lipinski definition) is 4. The summed E-state index contributed by atoms with van der Waals surface area (Å²) in [6.45, 7) is 0.383. The molecule has 0 radical (unpaired) electrons. The van der Waals surface area contributed by atoms with Crippen LogP contribution in [0.5, 0.6) is 0 Å². The molecule has 1 N–H and O–H groups in total. The molecular weight excluding hydrogens is 407 g/mol. The molecule has 2 aromatic carbocycles. The van der Waals surface area contributed by atoms with E-state index < -0.39 is 20.0 Å². The Hall–Kier alpha value is -1.48. The number of nitrogens with one attached hydrogen (secondary N) is 1. The van der Waals surface area contributed by atoms with Crippen LogP contribution in [-0.2, 0) is 20.0 Å². The van der Waals surface area contributed by atoms with Crippen molar-refractivity contribution in [2.24, 2.45) is 0 Å². The number of hydrogen-bond donors (Lipinski definition) is 1. The second kappa shape index (κ2) is 6.68. The van der Waals surface area contributed by atoms with E-state index in [2.05, 4.69) is 4.72 Å². The zero-order valence-electron chi connectivity index (χ0n) is 12.8. The molecule has 0 spiro atoms. The molecule has 6 nitrogen and oxygen atoms in total. The zero-order valence-corrected chi connectivity index (χ0v) is 16.0. The molecule has 3 rings (SSSR count). The predicted octanol–water partition coefficient (Wildman–Crippen LogP) is 3.33. The Morgan fingerprint density at radius 1 is 1.04 bits per heavy atom. The smallest absolute Gasteiger partial charge is 0.261 e. The Labute approximate surface area is 156 Å². The fourth-order valence-corrected chi connectivity index (χ4v) is 5.53. The molecule has 1 aliphatic rings. The summed E-state index contributed by atoms with van der Waals surface area (Å²) < 4.78 is 52.4. The van der Waals surface area contributed by atoms with E-state index in [9.17, 15) is 16.8 Å². The van der Waals surface area contributed by atoms with Gasteiger partial charge in [0.05, 0.1) is 27.0 Å². The van der Waals surface area contributed by atoms with Gasteiger partial charge >= 0.3 is 0 Å². The molecule has 0 bridgehead atoms. The minimum atomic E-state index is -3.83. The predicted molar refractivity (Wildman–Crippen MR) is 99.5 cm³/mol. The van der Waals surface area contributed by atoms with Crippen molar-refractivity contribution < 1.29 is 16.8 Å². The molecule has 0 saturated carbocycles. The third-order valence-electron chi connectivity index (χ3n) is 3.71. The van der Waals surface area contributed by atoms with E-state index in [1.165, 1.54) is 46.8 Å². The molecule has 1 heterocycles. The van der Waals surface area contributed by atoms with Crippen molar-refractivity contribution >= 4 is 54.6 Å². The van der Waals surface area contributed by atoms with Gasteiger partial charge in [-0.05, 0) is 48.9 Å². The van der Waals surface area contributed by atoms with Gasteiger partial charge in [0.1, 0.15) is 0 Å². The molecule has 10 heteroatoms. The van der Waals surface area contributed by atoms with Crippen LogP contribution in [0, 0.1) is 0 Å². The third kappa shape index (κ3) is 3.87. The van der Waals surface area contributed by atoms with Gasteiger partial charge in [-0.1, -0.05) is 23.2 Å². The van der Waals surface area contributed by atoms with Gasteiger partial charge in [0.25, 0.3) is 10.0 Å². The minimum Gasteiger partial charge on any atom is -0.278 e. The number of anilines is 2. The Kier molecular flexibility index (Phi) is 4.89. The van der Waals surface area contributed by atoms with E-state index in [1.54, 1.807) is 0 Å². The van der Waals surface area contributed by atoms with E-state index in [-0.39, 0.29) is 21.4 Å². The number of benzene rings is 2. The van der Waals surface area contributed by atoms with E-state index >= 15 is 0 Å². The topological polar surface area (TPSA) is 83.6 Å². The Morgan fingerprint density at radius 3 is 2.28 bits per heavy atom. The molecule has 1 fully saturated rings. The molecular formula is C15H14Cl2N2O4S2. The molecule has 0 unspecified atom stereocenters. The van der Waals surface area contributed by atoms with Crippen LogP contribution in [0.15, 0.2) is 47.4 Å². The van der Waals surface area contributed by atoms with E-state index in [1.807, 2.05) is 0 Å². The van der Waals surface area contributed by atoms with Crippen LogP contribution in [0.1, 0.15) is 6.42 Å². The summed E-state index contributed by atoms with van der Waals surface area (Å²) in [5, 5.41) is 0.533. The Morgan fingerprint density at radius 2 is 1.72 bits per heavy atom. The molecule has 134 valence electrons. The molecule has 0 amide bonds. The van der Waals surface area contributed by atoms with Gasteiger partial charge < -0.3 is 0 Å². The lowest BCUT2D eigenvalue weighted by Crippen LogP contribution is -2.25. The van der Waals surface area contributed by atoms with Crippen molar-refractivity contribution in [1.82, 2.24) is 0 Å². The average Bonchev–Trinajstić information content (AvgIpc) is 2.89. The van der Waals surface area contributed by atoms with Crippen molar-refractivity contribution in [2.45, 2.75) is 11.3 Å². The molecule has 1 saturated heterocycles. The van der Waals surface area contributed by atoms with E-state index in [4.69, 9.17) is 23.2 Å². The summed E-state index contributed by atoms with van der Waals surface area (Å²) >= 11 is 11.9. The van der Waals surface area contributed by atoms with Crippen molar-refractivity contribution in [3.05, 3.63) is 52.5 Å². The van der Waals surface area contributed by atoms with Gasteiger partial charge in [-0.2, -0.15) is 0 Å². The fourth-order valence-electron chi connectivity index (χ4n) is 2.49. The zero-order chi connectivity index (χ0) is 18.2. The highest BCUT2D eigenvalue weighted by atomic mass is 35.5. The Balaban J connectivity index is 1.88. The van der Waals surface area contributed by atoms with Gasteiger partial charge in [-0.3, -0.25) is 9.03 Å². The SMILES string of the molecule is O=S(=O)(Nc1ccc(N2CCCS2(=O)=O)cc1Cl)c1ccc(Cl)cc1. The fraction of sp³-hybridized carbons (Fsp3) is 0.200. The second-order valence-electron chi connectivity index (χ2n) is 5.47. The highest BCUT2D eigenvalue weighted by molar-refractivity contribution is 7.93. The normalized spacial score (nSPS) is 16.8. The lowest BCUT2D eigenvalue weighted by atomic mass is 10.3. The summed E-state index contributed by atoms with van der Waals surface area (Å²) in [5.74, 6) is 0.0928. The minimum absolute atomic E-state index is 0.0409. The summed E-state index contributed by atoms with van der Waals surface area (Å²) in [6.07, 6.45) is 0.547. The van der Waals surface area contributed by atoms with Crippen molar-refractivity contribution in [3.63, 3.8) is 0 Å². The number of nitrogens with zero attached hydrogens (tertiary/aromatic N) is 1. The maximum atomic E-state index is 12.4. The molecule has 0 aliphatic carbocycles. The number of halogens is 2. The van der Waals surface area contributed by atoms with Gasteiger partial charge in [0.2, 0.25) is 10.0 Å². The highest BCUT2D eigenvalue weighted by Crippen LogP contribution is 2.32. The van der Waals surface area contributed by atoms with Crippen LogP contribution in [-0.4, -0.2) is 29.1 Å². The monoisotopic (exact) mass is 420 g/mol. The van der Waals surface area contributed by atoms with Crippen LogP contribution in [0.2, 0.25) is 10.0 Å². The first-order valence-electron chi connectivity index (χ1n) is 7.27. The summed E-state index contributed by atoms with van der Waals surface area (Å²) in [6, 6.07) is 10.1. The standard InChI is InChI=1S/C15H14Cl2N2O4S2/c16-11-2-5-13(6-3-11)25(22,23)18-15-7-4-12(10-14(15)17)19-8-1-9-24(19,20)21/h2-7,10,18H,1,8-9H2. The first-order chi connectivity index (χ1) is 11.7. The van der Waals surface area contributed by atoms with E-state index in [0.717, 1.165) is 0 Å². The van der Waals surface area contributed by atoms with Crippen LogP contribution in [0.25, 0.3) is 0 Å². The molecule has 1 aliphatic heterocycles. The summed E-state index contributed by atoms with van der Waals surface area (Å²) in [7, 11) is -7.16. The van der Waals surface area contributed by atoms with Crippen LogP contribution in [0.4, 0.5) is 11.4 Å². The third-order valence-corrected chi connectivity index (χ3v) is 7.52. The quantitative estimate of drug-likeness (QED) is 0.821. The lowest BCUT2D eigenvalue weighted by molar-refractivity contribution is 0.598. The first-order valence-corrected chi connectivity index (χ1v) is 11.1. The molecule has 2 aromatic rings. The number of rotatable bonds is 4. The first kappa shape index (κ1) is 18.3. The summed E-state index contributed by atoms with van der Waals surface area (Å²) in [4.78, 5) is 0.0409. The van der Waals surface area contributed by atoms with Gasteiger partial charge in [-0.15, -0.1) is 0 Å². The lowest BCUT2D eigenvalue weighted by Gasteiger charge is -2.18. The van der Waals surface area contributed by atoms with Crippen LogP contribution >= 0.6 is 23.2 Å². The van der Waals surface area contributed by atoms with Gasteiger partial charge in [0.15, 0.2) is 0 Å². The van der Waals surface area contributed by atoms with Crippen molar-refractivity contribution in [3.8, 4) is 0 Å². The molecule has 25 heavy (non-hydrogen) atoms. The van der Waals surface area contributed by atoms with Crippen LogP contribution in [0.3, 0.4) is 0 Å². The maximum absolute atomic E-state index is 12.4. The average molecular weight is 421 g/mol. The largest absolute Gasteiger partial charge is 0.278 e. The summed E-state index contributed by atoms with van der Waals surface area (Å²) in [5.41, 5.74) is 0.578. The Bertz CT molecular complexity index is 1010. The van der Waals surface area contributed by atoms with Gasteiger partial charge in [0, 0.05) is 11.6 Å². The van der Waals surface area contributed by atoms with E-state index in [0.29, 0.717) is 23.7 Å². The van der Waals surface area contributed by atoms with Gasteiger partial charge in [-0.25, -0.2) is 16.8 Å². The molecule has 0 atom stereocenters. The highest BCUT2D eigenvalue weighted by Gasteiger charge is 2.29. The molecule has 0 aromatic heterocycles. The van der Waals surface area contributed by atoms with Crippen molar-refractivity contribution in [2.75, 3.05) is 21.3 Å². The number of sulfonamides is 2. The van der Waals surface area contributed by atoms with Crippen molar-refractivity contribution in [1.29, 1.82) is 0 Å². The second-order valence-corrected chi connectivity index (χ2v) is 10.0. The van der Waals surface area contributed by atoms with Crippen LogP contribution < -0.4 is 9.03 Å². The maximum Gasteiger partial charge on any atom is 0.261 e.